The molecule has 0 N–H and O–H groups in total. The van der Waals surface area contributed by atoms with Gasteiger partial charge in [0, 0.05) is 23.2 Å². The van der Waals surface area contributed by atoms with Gasteiger partial charge < -0.3 is 9.47 Å². The van der Waals surface area contributed by atoms with Crippen molar-refractivity contribution in [2.45, 2.75) is 25.5 Å². The van der Waals surface area contributed by atoms with Crippen LogP contribution < -0.4 is 4.74 Å². The Kier molecular flexibility index (Phi) is 5.47. The van der Waals surface area contributed by atoms with E-state index in [0.29, 0.717) is 17.0 Å². The topological polar surface area (TPSA) is 53.3 Å². The summed E-state index contributed by atoms with van der Waals surface area (Å²) in [6, 6.07) is 5.33. The molecule has 28 heavy (non-hydrogen) atoms. The van der Waals surface area contributed by atoms with Gasteiger partial charge in [0.25, 0.3) is 0 Å². The summed E-state index contributed by atoms with van der Waals surface area (Å²) in [7, 11) is 0. The molecule has 4 rings (SSSR count). The van der Waals surface area contributed by atoms with Gasteiger partial charge in [0.1, 0.15) is 11.7 Å². The number of hydrogen-bond acceptors (Lipinski definition) is 4. The predicted octanol–water partition coefficient (Wildman–Crippen LogP) is 6.05. The van der Waals surface area contributed by atoms with Crippen molar-refractivity contribution in [2.24, 2.45) is 0 Å². The molecule has 0 saturated carbocycles. The van der Waals surface area contributed by atoms with E-state index in [4.69, 9.17) is 44.3 Å². The number of ether oxygens (including phenoxy) is 2. The second-order valence-corrected chi connectivity index (χ2v) is 7.63. The highest BCUT2D eigenvalue weighted by Crippen LogP contribution is 2.37. The summed E-state index contributed by atoms with van der Waals surface area (Å²) in [6.07, 6.45) is 4.05. The van der Waals surface area contributed by atoms with E-state index in [1.54, 1.807) is 10.9 Å². The van der Waals surface area contributed by atoms with Gasteiger partial charge in [-0.25, -0.2) is 13.9 Å². The zero-order valence-corrected chi connectivity index (χ0v) is 16.7. The number of benzene rings is 2. The summed E-state index contributed by atoms with van der Waals surface area (Å²) in [5.41, 5.74) is 0.206. The van der Waals surface area contributed by atoms with Crippen LogP contribution in [0.25, 0.3) is 10.9 Å². The molecule has 1 aliphatic rings. The van der Waals surface area contributed by atoms with Crippen molar-refractivity contribution in [3.05, 3.63) is 56.9 Å². The smallest absolute Gasteiger partial charge is 0.344 e. The molecule has 1 fully saturated rings. The minimum Gasteiger partial charge on any atom is -0.420 e. The Morgan fingerprint density at radius 3 is 2.64 bits per heavy atom. The van der Waals surface area contributed by atoms with Gasteiger partial charge in [-0.2, -0.15) is 5.10 Å². The van der Waals surface area contributed by atoms with Crippen LogP contribution in [0.4, 0.5) is 4.39 Å². The van der Waals surface area contributed by atoms with Crippen LogP contribution in [0.1, 0.15) is 35.8 Å². The summed E-state index contributed by atoms with van der Waals surface area (Å²) >= 11 is 18.0. The average molecular weight is 444 g/mol. The van der Waals surface area contributed by atoms with Crippen LogP contribution in [0.15, 0.2) is 30.5 Å². The molecule has 0 spiro atoms. The third kappa shape index (κ3) is 3.70. The molecule has 1 atom stereocenters. The van der Waals surface area contributed by atoms with Crippen molar-refractivity contribution < 1.29 is 18.7 Å². The van der Waals surface area contributed by atoms with Crippen LogP contribution in [0.3, 0.4) is 0 Å². The minimum absolute atomic E-state index is 0.0155. The molecule has 1 unspecified atom stereocenters. The van der Waals surface area contributed by atoms with E-state index in [1.807, 2.05) is 0 Å². The summed E-state index contributed by atoms with van der Waals surface area (Å²) in [5, 5.41) is 5.09. The molecule has 5 nitrogen and oxygen atoms in total. The lowest BCUT2D eigenvalue weighted by Crippen LogP contribution is -2.18. The van der Waals surface area contributed by atoms with E-state index < -0.39 is 11.8 Å². The summed E-state index contributed by atoms with van der Waals surface area (Å²) in [6.45, 7) is 0.617. The van der Waals surface area contributed by atoms with E-state index in [-0.39, 0.29) is 33.1 Å². The Morgan fingerprint density at radius 2 is 1.96 bits per heavy atom. The quantitative estimate of drug-likeness (QED) is 0.365. The molecule has 0 bridgehead atoms. The maximum atomic E-state index is 14.3. The number of nitrogens with zero attached hydrogens (tertiary/aromatic N) is 2. The molecule has 3 aromatic rings. The Balaban J connectivity index is 1.71. The first-order valence-electron chi connectivity index (χ1n) is 8.59. The molecule has 1 aromatic heterocycles. The van der Waals surface area contributed by atoms with Crippen molar-refractivity contribution in [2.75, 3.05) is 6.61 Å². The fourth-order valence-corrected chi connectivity index (χ4v) is 4.02. The molecule has 0 radical (unpaired) electrons. The second kappa shape index (κ2) is 7.87. The largest absolute Gasteiger partial charge is 0.420 e. The molecule has 2 heterocycles. The lowest BCUT2D eigenvalue weighted by Gasteiger charge is -2.22. The summed E-state index contributed by atoms with van der Waals surface area (Å²) in [5.74, 6) is -1.29. The van der Waals surface area contributed by atoms with Crippen LogP contribution in [-0.2, 0) is 4.74 Å². The average Bonchev–Trinajstić information content (AvgIpc) is 3.12. The number of aromatic nitrogens is 2. The highest BCUT2D eigenvalue weighted by Gasteiger charge is 2.23. The van der Waals surface area contributed by atoms with Crippen LogP contribution in [-0.4, -0.2) is 22.4 Å². The van der Waals surface area contributed by atoms with E-state index >= 15 is 0 Å². The zero-order valence-electron chi connectivity index (χ0n) is 14.4. The van der Waals surface area contributed by atoms with Gasteiger partial charge in [0.05, 0.1) is 15.6 Å². The summed E-state index contributed by atoms with van der Waals surface area (Å²) < 4.78 is 26.9. The third-order valence-corrected chi connectivity index (χ3v) is 5.25. The number of rotatable bonds is 3. The first-order chi connectivity index (χ1) is 13.4. The minimum atomic E-state index is -0.736. The Labute approximate surface area is 174 Å². The van der Waals surface area contributed by atoms with E-state index in [0.717, 1.165) is 19.3 Å². The standard InChI is InChI=1S/C19H14Cl3FN2O3/c20-10-7-13(21)18(14(22)8-10)28-19(26)11-4-5-15(23)17-12(11)9-25(24-17)16-3-1-2-6-27-16/h4-5,7-9,16H,1-3,6H2. The molecule has 9 heteroatoms. The zero-order chi connectivity index (χ0) is 19.8. The highest BCUT2D eigenvalue weighted by atomic mass is 35.5. The lowest BCUT2D eigenvalue weighted by molar-refractivity contribution is -0.0391. The normalized spacial score (nSPS) is 17.1. The molecule has 1 aliphatic heterocycles. The Bertz CT molecular complexity index is 1040. The number of halogens is 4. The molecule has 0 aliphatic carbocycles. The van der Waals surface area contributed by atoms with Crippen LogP contribution in [0, 0.1) is 5.82 Å². The van der Waals surface area contributed by atoms with Crippen LogP contribution in [0.2, 0.25) is 15.1 Å². The van der Waals surface area contributed by atoms with Crippen molar-refractivity contribution in [1.29, 1.82) is 0 Å². The van der Waals surface area contributed by atoms with Crippen molar-refractivity contribution in [3.8, 4) is 5.75 Å². The number of hydrogen-bond donors (Lipinski definition) is 0. The van der Waals surface area contributed by atoms with Crippen LogP contribution in [0.5, 0.6) is 5.75 Å². The predicted molar refractivity (Wildman–Crippen MR) is 105 cm³/mol. The van der Waals surface area contributed by atoms with Crippen LogP contribution >= 0.6 is 34.8 Å². The van der Waals surface area contributed by atoms with Gasteiger partial charge in [-0.1, -0.05) is 34.8 Å². The van der Waals surface area contributed by atoms with Gasteiger partial charge >= 0.3 is 5.97 Å². The van der Waals surface area contributed by atoms with Gasteiger partial charge in [0.2, 0.25) is 0 Å². The number of fused-ring (bicyclic) bond motifs is 1. The lowest BCUT2D eigenvalue weighted by atomic mass is 10.1. The second-order valence-electron chi connectivity index (χ2n) is 6.38. The number of esters is 1. The molecule has 2 aromatic carbocycles. The number of carbonyl (C=O) groups is 1. The monoisotopic (exact) mass is 442 g/mol. The molecule has 1 saturated heterocycles. The van der Waals surface area contributed by atoms with E-state index in [1.165, 1.54) is 24.3 Å². The summed E-state index contributed by atoms with van der Waals surface area (Å²) in [4.78, 5) is 12.8. The maximum absolute atomic E-state index is 14.3. The molecule has 0 amide bonds. The molecular weight excluding hydrogens is 430 g/mol. The van der Waals surface area contributed by atoms with Crippen molar-refractivity contribution in [3.63, 3.8) is 0 Å². The highest BCUT2D eigenvalue weighted by molar-refractivity contribution is 6.40. The fraction of sp³-hybridized carbons (Fsp3) is 0.263. The van der Waals surface area contributed by atoms with E-state index in [9.17, 15) is 9.18 Å². The van der Waals surface area contributed by atoms with Gasteiger partial charge in [-0.15, -0.1) is 0 Å². The van der Waals surface area contributed by atoms with Gasteiger partial charge in [-0.05, 0) is 43.5 Å². The maximum Gasteiger partial charge on any atom is 0.344 e. The van der Waals surface area contributed by atoms with E-state index in [2.05, 4.69) is 5.10 Å². The third-order valence-electron chi connectivity index (χ3n) is 4.47. The SMILES string of the molecule is O=C(Oc1c(Cl)cc(Cl)cc1Cl)c1ccc(F)c2nn(C3CCCCO3)cc12. The fourth-order valence-electron chi connectivity index (χ4n) is 3.12. The first-order valence-corrected chi connectivity index (χ1v) is 9.73. The first kappa shape index (κ1) is 19.5. The van der Waals surface area contributed by atoms with Gasteiger partial charge in [0.15, 0.2) is 11.6 Å². The van der Waals surface area contributed by atoms with Crippen molar-refractivity contribution >= 4 is 51.7 Å². The number of carbonyl (C=O) groups excluding carboxylic acids is 1. The Morgan fingerprint density at radius 1 is 1.21 bits per heavy atom. The Hall–Kier alpha value is -1.86. The van der Waals surface area contributed by atoms with Gasteiger partial charge in [-0.3, -0.25) is 0 Å². The molecule has 146 valence electrons. The molecular formula is C19H14Cl3FN2O3. The van der Waals surface area contributed by atoms with Crippen molar-refractivity contribution in [1.82, 2.24) is 9.78 Å².